The highest BCUT2D eigenvalue weighted by molar-refractivity contribution is 5.94. The Kier molecular flexibility index (Phi) is 2.75. The zero-order chi connectivity index (χ0) is 13.2. The van der Waals surface area contributed by atoms with Crippen molar-refractivity contribution in [3.63, 3.8) is 0 Å². The zero-order valence-corrected chi connectivity index (χ0v) is 10.7. The molecule has 0 bridgehead atoms. The predicted molar refractivity (Wildman–Crippen MR) is 73.1 cm³/mol. The predicted octanol–water partition coefficient (Wildman–Crippen LogP) is 2.40. The lowest BCUT2D eigenvalue weighted by Crippen LogP contribution is -2.03. The molecule has 1 aromatic carbocycles. The van der Waals surface area contributed by atoms with Gasteiger partial charge in [-0.2, -0.15) is 5.10 Å². The second kappa shape index (κ2) is 4.56. The van der Waals surface area contributed by atoms with Crippen LogP contribution in [0.3, 0.4) is 0 Å². The number of rotatable bonds is 3. The van der Waals surface area contributed by atoms with Gasteiger partial charge in [-0.1, -0.05) is 12.1 Å². The Balaban J connectivity index is 1.90. The summed E-state index contributed by atoms with van der Waals surface area (Å²) in [5.74, 6) is 1.17. The number of hydrazone groups is 1. The minimum atomic E-state index is 0.492. The Hall–Kier alpha value is -2.63. The number of para-hydroxylation sites is 2. The summed E-state index contributed by atoms with van der Waals surface area (Å²) in [5, 5.41) is 4.22. The van der Waals surface area contributed by atoms with Crippen LogP contribution in [0.25, 0.3) is 11.0 Å². The van der Waals surface area contributed by atoms with Gasteiger partial charge in [0, 0.05) is 7.05 Å². The van der Waals surface area contributed by atoms with E-state index in [2.05, 4.69) is 20.5 Å². The largest absolute Gasteiger partial charge is 0.444 e. The molecule has 6 heteroatoms. The summed E-state index contributed by atoms with van der Waals surface area (Å²) in [4.78, 5) is 8.49. The Morgan fingerprint density at radius 2 is 2.21 bits per heavy atom. The van der Waals surface area contributed by atoms with E-state index in [-0.39, 0.29) is 0 Å². The van der Waals surface area contributed by atoms with Crippen LogP contribution in [0, 0.1) is 0 Å². The van der Waals surface area contributed by atoms with Crippen LogP contribution in [0.1, 0.15) is 12.8 Å². The van der Waals surface area contributed by atoms with Gasteiger partial charge in [-0.15, -0.1) is 0 Å². The summed E-state index contributed by atoms with van der Waals surface area (Å²) in [7, 11) is 1.94. The van der Waals surface area contributed by atoms with E-state index in [0.717, 1.165) is 11.0 Å². The van der Waals surface area contributed by atoms with Gasteiger partial charge in [0.25, 0.3) is 0 Å². The number of nitrogens with one attached hydrogen (secondary N) is 1. The Morgan fingerprint density at radius 3 is 2.95 bits per heavy atom. The normalized spacial score (nSPS) is 12.0. The number of oxazole rings is 1. The fraction of sp³-hybridized carbons (Fsp3) is 0.154. The molecule has 0 saturated carbocycles. The highest BCUT2D eigenvalue weighted by Crippen LogP contribution is 2.17. The lowest BCUT2D eigenvalue weighted by Gasteiger charge is -2.01. The Morgan fingerprint density at radius 1 is 1.37 bits per heavy atom. The summed E-state index contributed by atoms with van der Waals surface area (Å²) in [6, 6.07) is 7.92. The molecule has 96 valence electrons. The molecule has 0 aliphatic carbocycles. The molecule has 3 aromatic rings. The van der Waals surface area contributed by atoms with Gasteiger partial charge in [0.05, 0.1) is 17.2 Å². The molecule has 0 fully saturated rings. The number of imidazole rings is 1. The van der Waals surface area contributed by atoms with Crippen molar-refractivity contribution in [3.8, 4) is 0 Å². The minimum Gasteiger partial charge on any atom is -0.444 e. The van der Waals surface area contributed by atoms with Crippen LogP contribution in [-0.4, -0.2) is 20.2 Å². The van der Waals surface area contributed by atoms with Gasteiger partial charge in [0.15, 0.2) is 0 Å². The molecular weight excluding hydrogens is 242 g/mol. The van der Waals surface area contributed by atoms with E-state index in [1.807, 2.05) is 42.8 Å². The van der Waals surface area contributed by atoms with Crippen molar-refractivity contribution in [2.75, 3.05) is 5.43 Å². The number of aromatic nitrogens is 3. The molecule has 19 heavy (non-hydrogen) atoms. The Labute approximate surface area is 109 Å². The summed E-state index contributed by atoms with van der Waals surface area (Å²) in [5.41, 5.74) is 5.57. The molecule has 0 aliphatic rings. The number of benzene rings is 1. The molecule has 3 rings (SSSR count). The number of aryl methyl sites for hydroxylation is 1. The van der Waals surface area contributed by atoms with Gasteiger partial charge in [0.1, 0.15) is 12.0 Å². The second-order valence-electron chi connectivity index (χ2n) is 4.13. The van der Waals surface area contributed by atoms with E-state index < -0.39 is 0 Å². The van der Waals surface area contributed by atoms with Gasteiger partial charge in [-0.3, -0.25) is 0 Å². The summed E-state index contributed by atoms with van der Waals surface area (Å²) in [6.45, 7) is 1.82. The van der Waals surface area contributed by atoms with Crippen molar-refractivity contribution < 1.29 is 4.42 Å². The van der Waals surface area contributed by atoms with Crippen LogP contribution in [0.2, 0.25) is 0 Å². The molecule has 1 N–H and O–H groups in total. The van der Waals surface area contributed by atoms with Crippen molar-refractivity contribution in [2.45, 2.75) is 6.92 Å². The van der Waals surface area contributed by atoms with Crippen LogP contribution in [-0.2, 0) is 7.05 Å². The fourth-order valence-corrected chi connectivity index (χ4v) is 1.83. The molecule has 0 amide bonds. The summed E-state index contributed by atoms with van der Waals surface area (Å²) < 4.78 is 7.11. The van der Waals surface area contributed by atoms with Gasteiger partial charge in [-0.05, 0) is 19.1 Å². The van der Waals surface area contributed by atoms with Crippen molar-refractivity contribution in [1.29, 1.82) is 0 Å². The lowest BCUT2D eigenvalue weighted by molar-refractivity contribution is 0.546. The molecule has 0 spiro atoms. The van der Waals surface area contributed by atoms with Crippen LogP contribution < -0.4 is 5.43 Å². The van der Waals surface area contributed by atoms with E-state index in [9.17, 15) is 0 Å². The first-order valence-electron chi connectivity index (χ1n) is 5.87. The first-order chi connectivity index (χ1) is 9.25. The minimum absolute atomic E-state index is 0.492. The third kappa shape index (κ3) is 2.08. The van der Waals surface area contributed by atoms with E-state index in [1.165, 1.54) is 6.26 Å². The smallest absolute Gasteiger partial charge is 0.242 e. The molecule has 0 atom stereocenters. The SMILES string of the molecule is C/C(=N\Nc1nc2ccccc2n1C)c1ncco1. The van der Waals surface area contributed by atoms with Crippen molar-refractivity contribution in [1.82, 2.24) is 14.5 Å². The number of anilines is 1. The average molecular weight is 255 g/mol. The first-order valence-corrected chi connectivity index (χ1v) is 5.87. The number of hydrogen-bond acceptors (Lipinski definition) is 5. The topological polar surface area (TPSA) is 68.2 Å². The van der Waals surface area contributed by atoms with Crippen molar-refractivity contribution in [2.24, 2.45) is 12.1 Å². The maximum Gasteiger partial charge on any atom is 0.242 e. The quantitative estimate of drug-likeness (QED) is 0.576. The van der Waals surface area contributed by atoms with Crippen LogP contribution >= 0.6 is 0 Å². The monoisotopic (exact) mass is 255 g/mol. The van der Waals surface area contributed by atoms with Gasteiger partial charge in [0.2, 0.25) is 11.8 Å². The molecule has 6 nitrogen and oxygen atoms in total. The number of fused-ring (bicyclic) bond motifs is 1. The van der Waals surface area contributed by atoms with Gasteiger partial charge >= 0.3 is 0 Å². The third-order valence-electron chi connectivity index (χ3n) is 2.85. The molecule has 0 radical (unpaired) electrons. The summed E-state index contributed by atoms with van der Waals surface area (Å²) >= 11 is 0. The molecular formula is C13H13N5O. The highest BCUT2D eigenvalue weighted by Gasteiger charge is 2.07. The third-order valence-corrected chi connectivity index (χ3v) is 2.85. The molecule has 0 aliphatic heterocycles. The standard InChI is InChI=1S/C13H13N5O/c1-9(12-14-7-8-19-12)16-17-13-15-10-5-3-4-6-11(10)18(13)2/h3-8H,1-2H3,(H,15,17)/b16-9+. The van der Waals surface area contributed by atoms with E-state index in [0.29, 0.717) is 17.6 Å². The van der Waals surface area contributed by atoms with Crippen molar-refractivity contribution >= 4 is 22.7 Å². The fourth-order valence-electron chi connectivity index (χ4n) is 1.83. The average Bonchev–Trinajstić information content (AvgIpc) is 3.05. The first kappa shape index (κ1) is 11.5. The van der Waals surface area contributed by atoms with Crippen LogP contribution in [0.5, 0.6) is 0 Å². The highest BCUT2D eigenvalue weighted by atomic mass is 16.3. The second-order valence-corrected chi connectivity index (χ2v) is 4.13. The molecule has 2 aromatic heterocycles. The number of nitrogens with zero attached hydrogens (tertiary/aromatic N) is 4. The van der Waals surface area contributed by atoms with E-state index in [1.54, 1.807) is 6.20 Å². The van der Waals surface area contributed by atoms with Crippen LogP contribution in [0.4, 0.5) is 5.95 Å². The van der Waals surface area contributed by atoms with E-state index >= 15 is 0 Å². The molecule has 0 saturated heterocycles. The molecule has 2 heterocycles. The Bertz CT molecular complexity index is 727. The summed E-state index contributed by atoms with van der Waals surface area (Å²) in [6.07, 6.45) is 3.10. The maximum atomic E-state index is 5.16. The lowest BCUT2D eigenvalue weighted by atomic mass is 10.3. The van der Waals surface area contributed by atoms with Crippen LogP contribution in [0.15, 0.2) is 46.2 Å². The van der Waals surface area contributed by atoms with Gasteiger partial charge < -0.3 is 8.98 Å². The molecule has 0 unspecified atom stereocenters. The van der Waals surface area contributed by atoms with E-state index in [4.69, 9.17) is 4.42 Å². The maximum absolute atomic E-state index is 5.16. The number of hydrogen-bond donors (Lipinski definition) is 1. The zero-order valence-electron chi connectivity index (χ0n) is 10.7. The van der Waals surface area contributed by atoms with Gasteiger partial charge in [-0.25, -0.2) is 15.4 Å². The van der Waals surface area contributed by atoms with Crippen molar-refractivity contribution in [3.05, 3.63) is 42.6 Å².